The quantitative estimate of drug-likeness (QED) is 0.853. The summed E-state index contributed by atoms with van der Waals surface area (Å²) in [6.45, 7) is 4.26. The second-order valence-electron chi connectivity index (χ2n) is 4.49. The zero-order chi connectivity index (χ0) is 12.8. The molecular formula is C13H18ClFOS. The minimum Gasteiger partial charge on any atom is -0.392 e. The number of aliphatic hydroxyl groups is 1. The van der Waals surface area contributed by atoms with Gasteiger partial charge in [-0.25, -0.2) is 4.39 Å². The molecule has 1 atom stereocenters. The van der Waals surface area contributed by atoms with Gasteiger partial charge in [0.1, 0.15) is 5.82 Å². The molecule has 17 heavy (non-hydrogen) atoms. The van der Waals surface area contributed by atoms with Crippen molar-refractivity contribution in [2.24, 2.45) is 5.92 Å². The Morgan fingerprint density at radius 2 is 2.06 bits per heavy atom. The molecule has 0 heterocycles. The molecule has 0 bridgehead atoms. The Kier molecular flexibility index (Phi) is 6.31. The zero-order valence-electron chi connectivity index (χ0n) is 10.1. The van der Waals surface area contributed by atoms with Gasteiger partial charge in [-0.1, -0.05) is 31.5 Å². The van der Waals surface area contributed by atoms with E-state index in [4.69, 9.17) is 11.6 Å². The second-order valence-corrected chi connectivity index (χ2v) is 5.97. The van der Waals surface area contributed by atoms with Crippen molar-refractivity contribution in [2.75, 3.05) is 11.5 Å². The van der Waals surface area contributed by atoms with Crippen molar-refractivity contribution in [1.29, 1.82) is 0 Å². The molecule has 0 radical (unpaired) electrons. The van der Waals surface area contributed by atoms with Crippen molar-refractivity contribution in [3.63, 3.8) is 0 Å². The van der Waals surface area contributed by atoms with Gasteiger partial charge >= 0.3 is 0 Å². The van der Waals surface area contributed by atoms with Crippen LogP contribution >= 0.6 is 23.4 Å². The summed E-state index contributed by atoms with van der Waals surface area (Å²) in [6.07, 6.45) is -0.274. The van der Waals surface area contributed by atoms with Gasteiger partial charge in [0.25, 0.3) is 0 Å². The smallest absolute Gasteiger partial charge is 0.127 e. The molecule has 0 saturated carbocycles. The van der Waals surface area contributed by atoms with E-state index in [9.17, 15) is 9.50 Å². The van der Waals surface area contributed by atoms with Gasteiger partial charge in [-0.3, -0.25) is 0 Å². The molecule has 1 rings (SSSR count). The van der Waals surface area contributed by atoms with E-state index in [1.54, 1.807) is 23.9 Å². The summed E-state index contributed by atoms with van der Waals surface area (Å²) in [6, 6.07) is 4.59. The van der Waals surface area contributed by atoms with E-state index in [0.29, 0.717) is 22.3 Å². The molecule has 4 heteroatoms. The van der Waals surface area contributed by atoms with E-state index in [1.165, 1.54) is 6.07 Å². The first-order valence-corrected chi connectivity index (χ1v) is 7.22. The van der Waals surface area contributed by atoms with Crippen molar-refractivity contribution in [2.45, 2.75) is 26.4 Å². The van der Waals surface area contributed by atoms with Crippen LogP contribution in [-0.4, -0.2) is 22.7 Å². The van der Waals surface area contributed by atoms with Crippen LogP contribution in [0, 0.1) is 11.7 Å². The Balaban J connectivity index is 2.47. The van der Waals surface area contributed by atoms with E-state index in [-0.39, 0.29) is 12.2 Å². The van der Waals surface area contributed by atoms with Crippen molar-refractivity contribution >= 4 is 23.4 Å². The lowest BCUT2D eigenvalue weighted by Gasteiger charge is -2.13. The maximum atomic E-state index is 13.5. The standard InChI is InChI=1S/C13H18ClFOS/c1-9(2)7-17-8-10(16)6-11-12(14)4-3-5-13(11)15/h3-5,9-10,16H,6-8H2,1-2H3. The highest BCUT2D eigenvalue weighted by Gasteiger charge is 2.12. The highest BCUT2D eigenvalue weighted by molar-refractivity contribution is 7.99. The van der Waals surface area contributed by atoms with Crippen molar-refractivity contribution in [1.82, 2.24) is 0 Å². The highest BCUT2D eigenvalue weighted by Crippen LogP contribution is 2.21. The Bertz CT molecular complexity index is 337. The first kappa shape index (κ1) is 14.8. The molecule has 96 valence electrons. The fourth-order valence-electron chi connectivity index (χ4n) is 1.46. The lowest BCUT2D eigenvalue weighted by Crippen LogP contribution is -2.15. The minimum atomic E-state index is -0.548. The average molecular weight is 277 g/mol. The Labute approximate surface area is 111 Å². The average Bonchev–Trinajstić information content (AvgIpc) is 2.23. The van der Waals surface area contributed by atoms with Gasteiger partial charge in [0.05, 0.1) is 6.10 Å². The number of aliphatic hydroxyl groups excluding tert-OH is 1. The Hall–Kier alpha value is -0.250. The summed E-state index contributed by atoms with van der Waals surface area (Å²) in [5.41, 5.74) is 0.409. The van der Waals surface area contributed by atoms with Gasteiger partial charge in [-0.2, -0.15) is 11.8 Å². The number of halogens is 2. The summed E-state index contributed by atoms with van der Waals surface area (Å²) in [4.78, 5) is 0. The van der Waals surface area contributed by atoms with E-state index >= 15 is 0 Å². The molecule has 1 unspecified atom stereocenters. The lowest BCUT2D eigenvalue weighted by molar-refractivity contribution is 0.198. The summed E-state index contributed by atoms with van der Waals surface area (Å²) in [5, 5.41) is 10.2. The van der Waals surface area contributed by atoms with Crippen LogP contribution in [0.1, 0.15) is 19.4 Å². The van der Waals surface area contributed by atoms with Crippen molar-refractivity contribution in [3.05, 3.63) is 34.6 Å². The third kappa shape index (κ3) is 5.28. The van der Waals surface area contributed by atoms with Gasteiger partial charge in [0, 0.05) is 22.8 Å². The number of hydrogen-bond donors (Lipinski definition) is 1. The van der Waals surface area contributed by atoms with Crippen LogP contribution in [0.25, 0.3) is 0 Å². The second kappa shape index (κ2) is 7.24. The van der Waals surface area contributed by atoms with Gasteiger partial charge in [0.15, 0.2) is 0 Å². The fraction of sp³-hybridized carbons (Fsp3) is 0.538. The summed E-state index contributed by atoms with van der Waals surface area (Å²) in [5.74, 6) is 1.87. The van der Waals surface area contributed by atoms with Crippen LogP contribution in [-0.2, 0) is 6.42 Å². The van der Waals surface area contributed by atoms with E-state index in [0.717, 1.165) is 5.75 Å². The number of thioether (sulfide) groups is 1. The molecule has 1 aromatic carbocycles. The maximum absolute atomic E-state index is 13.5. The molecule has 1 nitrogen and oxygen atoms in total. The third-order valence-electron chi connectivity index (χ3n) is 2.26. The molecule has 0 aromatic heterocycles. The summed E-state index contributed by atoms with van der Waals surface area (Å²) < 4.78 is 13.5. The van der Waals surface area contributed by atoms with Crippen molar-refractivity contribution in [3.8, 4) is 0 Å². The van der Waals surface area contributed by atoms with Crippen LogP contribution in [0.3, 0.4) is 0 Å². The van der Waals surface area contributed by atoms with Crippen molar-refractivity contribution < 1.29 is 9.50 Å². The number of benzene rings is 1. The predicted octanol–water partition coefficient (Wildman–Crippen LogP) is 3.77. The molecule has 0 aliphatic heterocycles. The predicted molar refractivity (Wildman–Crippen MR) is 73.3 cm³/mol. The SMILES string of the molecule is CC(C)CSCC(O)Cc1c(F)cccc1Cl. The van der Waals surface area contributed by atoms with E-state index in [2.05, 4.69) is 13.8 Å². The van der Waals surface area contributed by atoms with Crippen LogP contribution in [0.4, 0.5) is 4.39 Å². The molecule has 0 aliphatic rings. The molecule has 0 aliphatic carbocycles. The van der Waals surface area contributed by atoms with Gasteiger partial charge in [0.2, 0.25) is 0 Å². The minimum absolute atomic E-state index is 0.274. The normalized spacial score (nSPS) is 13.1. The number of hydrogen-bond acceptors (Lipinski definition) is 2. The summed E-state index contributed by atoms with van der Waals surface area (Å²) >= 11 is 7.59. The topological polar surface area (TPSA) is 20.2 Å². The molecule has 0 spiro atoms. The summed E-state index contributed by atoms with van der Waals surface area (Å²) in [7, 11) is 0. The third-order valence-corrected chi connectivity index (χ3v) is 4.14. The van der Waals surface area contributed by atoms with Crippen LogP contribution < -0.4 is 0 Å². The van der Waals surface area contributed by atoms with Gasteiger partial charge in [-0.15, -0.1) is 0 Å². The van der Waals surface area contributed by atoms with E-state index < -0.39 is 6.10 Å². The molecule has 0 amide bonds. The highest BCUT2D eigenvalue weighted by atomic mass is 35.5. The first-order chi connectivity index (χ1) is 8.00. The zero-order valence-corrected chi connectivity index (χ0v) is 11.7. The van der Waals surface area contributed by atoms with Crippen LogP contribution in [0.15, 0.2) is 18.2 Å². The molecule has 1 N–H and O–H groups in total. The monoisotopic (exact) mass is 276 g/mol. The van der Waals surface area contributed by atoms with Crippen LogP contribution in [0.2, 0.25) is 5.02 Å². The molecular weight excluding hydrogens is 259 g/mol. The fourth-order valence-corrected chi connectivity index (χ4v) is 2.70. The molecule has 0 saturated heterocycles. The van der Waals surface area contributed by atoms with E-state index in [1.807, 2.05) is 0 Å². The maximum Gasteiger partial charge on any atom is 0.127 e. The Morgan fingerprint density at radius 1 is 1.35 bits per heavy atom. The Morgan fingerprint density at radius 3 is 2.65 bits per heavy atom. The van der Waals surface area contributed by atoms with Crippen LogP contribution in [0.5, 0.6) is 0 Å². The molecule has 0 fully saturated rings. The number of rotatable bonds is 6. The largest absolute Gasteiger partial charge is 0.392 e. The van der Waals surface area contributed by atoms with Gasteiger partial charge < -0.3 is 5.11 Å². The van der Waals surface area contributed by atoms with Gasteiger partial charge in [-0.05, 0) is 23.8 Å². The lowest BCUT2D eigenvalue weighted by atomic mass is 10.1. The molecule has 1 aromatic rings. The first-order valence-electron chi connectivity index (χ1n) is 5.69.